The SMILES string of the molecule is CCCCCCCCCCCCCCOC(=O)CCCCCCCC=CCCCCCCCCN1C(CCCCCCCC=CCCCCCCCC(=O)O)=NCC1C. The molecule has 0 aromatic rings. The monoisotopic (exact) mass is 827 g/mol. The summed E-state index contributed by atoms with van der Waals surface area (Å²) in [5, 5.41) is 8.69. The molecule has 0 saturated heterocycles. The molecule has 0 bridgehead atoms. The van der Waals surface area contributed by atoms with Crippen LogP contribution in [0, 0.1) is 0 Å². The maximum atomic E-state index is 12.0. The minimum atomic E-state index is -0.669. The van der Waals surface area contributed by atoms with E-state index in [1.165, 1.54) is 211 Å². The van der Waals surface area contributed by atoms with Gasteiger partial charge in [0, 0.05) is 31.8 Å². The molecule has 1 aliphatic rings. The number of esters is 1. The number of amidine groups is 1. The van der Waals surface area contributed by atoms with E-state index in [1.54, 1.807) is 0 Å². The number of carboxylic acids is 1. The van der Waals surface area contributed by atoms with Crippen LogP contribution in [0.2, 0.25) is 0 Å². The first-order chi connectivity index (χ1) is 29.0. The minimum Gasteiger partial charge on any atom is -0.481 e. The number of aliphatic carboxylic acids is 1. The fourth-order valence-corrected chi connectivity index (χ4v) is 8.38. The van der Waals surface area contributed by atoms with Gasteiger partial charge in [0.15, 0.2) is 0 Å². The van der Waals surface area contributed by atoms with E-state index in [-0.39, 0.29) is 5.97 Å². The minimum absolute atomic E-state index is 0.00823. The number of rotatable bonds is 46. The molecule has 1 unspecified atom stereocenters. The zero-order valence-corrected chi connectivity index (χ0v) is 39.4. The lowest BCUT2D eigenvalue weighted by atomic mass is 10.1. The summed E-state index contributed by atoms with van der Waals surface area (Å²) in [6.45, 7) is 7.41. The summed E-state index contributed by atoms with van der Waals surface area (Å²) in [5.74, 6) is 0.720. The van der Waals surface area contributed by atoms with Crippen LogP contribution in [0.4, 0.5) is 0 Å². The largest absolute Gasteiger partial charge is 0.481 e. The van der Waals surface area contributed by atoms with Crippen LogP contribution in [0.25, 0.3) is 0 Å². The van der Waals surface area contributed by atoms with Crippen molar-refractivity contribution in [3.05, 3.63) is 24.3 Å². The van der Waals surface area contributed by atoms with Gasteiger partial charge in [0.1, 0.15) is 0 Å². The number of ether oxygens (including phenoxy) is 1. The first-order valence-corrected chi connectivity index (χ1v) is 26.0. The smallest absolute Gasteiger partial charge is 0.305 e. The van der Waals surface area contributed by atoms with Crippen molar-refractivity contribution in [2.45, 2.75) is 277 Å². The lowest BCUT2D eigenvalue weighted by Crippen LogP contribution is -2.35. The molecule has 0 fully saturated rings. The number of aliphatic imine (C=N–C) groups is 1. The summed E-state index contributed by atoms with van der Waals surface area (Å²) in [4.78, 5) is 30.1. The van der Waals surface area contributed by atoms with E-state index in [9.17, 15) is 9.59 Å². The van der Waals surface area contributed by atoms with Gasteiger partial charge >= 0.3 is 11.9 Å². The number of allylic oxidation sites excluding steroid dienone is 4. The van der Waals surface area contributed by atoms with Gasteiger partial charge in [-0.1, -0.05) is 185 Å². The number of carbonyl (C=O) groups is 2. The van der Waals surface area contributed by atoms with Crippen molar-refractivity contribution >= 4 is 17.8 Å². The molecule has 0 spiro atoms. The van der Waals surface area contributed by atoms with Crippen LogP contribution in [0.1, 0.15) is 271 Å². The lowest BCUT2D eigenvalue weighted by Gasteiger charge is -2.25. The first-order valence-electron chi connectivity index (χ1n) is 26.0. The Morgan fingerprint density at radius 3 is 1.41 bits per heavy atom. The summed E-state index contributed by atoms with van der Waals surface area (Å²) in [7, 11) is 0. The third kappa shape index (κ3) is 38.5. The highest BCUT2D eigenvalue weighted by Crippen LogP contribution is 2.19. The Hall–Kier alpha value is -2.11. The quantitative estimate of drug-likeness (QED) is 0.0376. The molecule has 1 heterocycles. The number of unbranched alkanes of at least 4 members (excludes halogenated alkanes) is 32. The molecule has 1 aliphatic heterocycles. The standard InChI is InChI=1S/C53H98N2O4/c1-3-4-5-6-7-8-9-23-28-33-38-43-48-59-53(58)46-41-36-31-26-21-17-11-10-14-18-22-27-32-37-42-47-55-50(2)49-54-51(55)44-39-34-29-24-19-15-12-13-16-20-25-30-35-40-45-52(56)57/h10-13,50H,3-9,14-49H2,1-2H3,(H,56,57). The molecule has 6 heteroatoms. The van der Waals surface area contributed by atoms with Crippen LogP contribution in [-0.4, -0.2) is 53.5 Å². The van der Waals surface area contributed by atoms with Crippen LogP contribution < -0.4 is 0 Å². The Balaban J connectivity index is 1.83. The molecule has 0 aromatic carbocycles. The topological polar surface area (TPSA) is 79.2 Å². The molecule has 0 aromatic heterocycles. The van der Waals surface area contributed by atoms with Crippen LogP contribution in [0.15, 0.2) is 29.3 Å². The molecule has 0 radical (unpaired) electrons. The maximum absolute atomic E-state index is 12.0. The average molecular weight is 827 g/mol. The molecular weight excluding hydrogens is 729 g/mol. The highest BCUT2D eigenvalue weighted by Gasteiger charge is 2.22. The van der Waals surface area contributed by atoms with Gasteiger partial charge in [0.2, 0.25) is 0 Å². The van der Waals surface area contributed by atoms with Crippen LogP contribution in [0.5, 0.6) is 0 Å². The second-order valence-corrected chi connectivity index (χ2v) is 18.1. The second kappa shape index (κ2) is 44.0. The van der Waals surface area contributed by atoms with E-state index < -0.39 is 5.97 Å². The van der Waals surface area contributed by atoms with Crippen LogP contribution in [0.3, 0.4) is 0 Å². The molecule has 1 N–H and O–H groups in total. The van der Waals surface area contributed by atoms with E-state index >= 15 is 0 Å². The van der Waals surface area contributed by atoms with Crippen molar-refractivity contribution in [3.8, 4) is 0 Å². The molecule has 59 heavy (non-hydrogen) atoms. The molecule has 6 nitrogen and oxygen atoms in total. The lowest BCUT2D eigenvalue weighted by molar-refractivity contribution is -0.144. The van der Waals surface area contributed by atoms with Crippen molar-refractivity contribution in [3.63, 3.8) is 0 Å². The highest BCUT2D eigenvalue weighted by molar-refractivity contribution is 5.84. The summed E-state index contributed by atoms with van der Waals surface area (Å²) in [5.41, 5.74) is 0. The third-order valence-corrected chi connectivity index (χ3v) is 12.3. The normalized spacial score (nSPS) is 14.3. The summed E-state index contributed by atoms with van der Waals surface area (Å²) >= 11 is 0. The van der Waals surface area contributed by atoms with E-state index in [0.29, 0.717) is 25.5 Å². The fourth-order valence-electron chi connectivity index (χ4n) is 8.38. The van der Waals surface area contributed by atoms with E-state index in [1.807, 2.05) is 0 Å². The first kappa shape index (κ1) is 54.9. The number of hydrogen-bond acceptors (Lipinski definition) is 5. The third-order valence-electron chi connectivity index (χ3n) is 12.3. The number of hydrogen-bond donors (Lipinski definition) is 1. The van der Waals surface area contributed by atoms with Crippen LogP contribution in [-0.2, 0) is 14.3 Å². The number of carbonyl (C=O) groups excluding carboxylic acids is 1. The van der Waals surface area contributed by atoms with Gasteiger partial charge in [-0.2, -0.15) is 0 Å². The zero-order chi connectivity index (χ0) is 42.5. The molecule has 0 aliphatic carbocycles. The maximum Gasteiger partial charge on any atom is 0.305 e. The molecular formula is C53H98N2O4. The summed E-state index contributed by atoms with van der Waals surface area (Å²) < 4.78 is 5.46. The highest BCUT2D eigenvalue weighted by atomic mass is 16.5. The molecule has 1 atom stereocenters. The molecule has 0 saturated carbocycles. The predicted octanol–water partition coefficient (Wildman–Crippen LogP) is 16.5. The Kier molecular flexibility index (Phi) is 40.9. The van der Waals surface area contributed by atoms with Gasteiger partial charge in [-0.25, -0.2) is 0 Å². The molecule has 344 valence electrons. The summed E-state index contributed by atoms with van der Waals surface area (Å²) in [6.07, 6.45) is 58.4. The zero-order valence-electron chi connectivity index (χ0n) is 39.4. The van der Waals surface area contributed by atoms with Gasteiger partial charge in [0.05, 0.1) is 19.0 Å². The van der Waals surface area contributed by atoms with Crippen LogP contribution >= 0.6 is 0 Å². The number of nitrogens with zero attached hydrogens (tertiary/aromatic N) is 2. The van der Waals surface area contributed by atoms with E-state index in [0.717, 1.165) is 51.5 Å². The Morgan fingerprint density at radius 1 is 0.542 bits per heavy atom. The van der Waals surface area contributed by atoms with Gasteiger partial charge in [-0.3, -0.25) is 14.6 Å². The van der Waals surface area contributed by atoms with Crippen molar-refractivity contribution in [1.29, 1.82) is 0 Å². The van der Waals surface area contributed by atoms with E-state index in [4.69, 9.17) is 14.8 Å². The Morgan fingerprint density at radius 2 is 0.932 bits per heavy atom. The Labute approximate surface area is 366 Å². The van der Waals surface area contributed by atoms with Gasteiger partial charge in [-0.15, -0.1) is 0 Å². The van der Waals surface area contributed by atoms with Crippen molar-refractivity contribution in [2.75, 3.05) is 19.7 Å². The van der Waals surface area contributed by atoms with Gasteiger partial charge in [0.25, 0.3) is 0 Å². The van der Waals surface area contributed by atoms with Crippen molar-refractivity contribution in [2.24, 2.45) is 4.99 Å². The second-order valence-electron chi connectivity index (χ2n) is 18.1. The average Bonchev–Trinajstić information content (AvgIpc) is 3.58. The van der Waals surface area contributed by atoms with Crippen molar-refractivity contribution < 1.29 is 19.4 Å². The molecule has 1 rings (SSSR count). The number of carboxylic acid groups (broad SMARTS) is 1. The van der Waals surface area contributed by atoms with Crippen molar-refractivity contribution in [1.82, 2.24) is 4.90 Å². The summed E-state index contributed by atoms with van der Waals surface area (Å²) in [6, 6.07) is 0.579. The fraction of sp³-hybridized carbons (Fsp3) is 0.868. The predicted molar refractivity (Wildman–Crippen MR) is 256 cm³/mol. The Bertz CT molecular complexity index is 1020. The van der Waals surface area contributed by atoms with E-state index in [2.05, 4.69) is 43.1 Å². The van der Waals surface area contributed by atoms with Gasteiger partial charge in [-0.05, 0) is 90.4 Å². The van der Waals surface area contributed by atoms with Gasteiger partial charge < -0.3 is 14.7 Å². The molecule has 0 amide bonds.